The molecule has 6 N–H and O–H groups in total. The first kappa shape index (κ1) is 19.0. The number of anilines is 3. The fourth-order valence-electron chi connectivity index (χ4n) is 2.50. The van der Waals surface area contributed by atoms with Crippen LogP contribution in [0.4, 0.5) is 17.3 Å². The minimum atomic E-state index is 0.142. The molecule has 1 aromatic carbocycles. The van der Waals surface area contributed by atoms with E-state index in [0.717, 1.165) is 25.2 Å². The Labute approximate surface area is 152 Å². The molecule has 0 saturated carbocycles. The van der Waals surface area contributed by atoms with Gasteiger partial charge in [-0.15, -0.1) is 0 Å². The van der Waals surface area contributed by atoms with Gasteiger partial charge in [0.1, 0.15) is 11.5 Å². The second-order valence-corrected chi connectivity index (χ2v) is 5.85. The van der Waals surface area contributed by atoms with E-state index in [0.29, 0.717) is 28.6 Å². The number of rotatable bonds is 8. The normalized spacial score (nSPS) is 10.6. The smallest absolute Gasteiger partial charge is 0.154 e. The molecule has 0 aliphatic rings. The van der Waals surface area contributed by atoms with Crippen molar-refractivity contribution >= 4 is 34.6 Å². The van der Waals surface area contributed by atoms with Crippen molar-refractivity contribution in [3.05, 3.63) is 40.7 Å². The molecule has 0 radical (unpaired) electrons. The summed E-state index contributed by atoms with van der Waals surface area (Å²) in [5.41, 5.74) is 13.4. The summed E-state index contributed by atoms with van der Waals surface area (Å²) in [5, 5.41) is 11.9. The summed E-state index contributed by atoms with van der Waals surface area (Å²) in [6.45, 7) is 4.21. The number of nitrogens with two attached hydrogens (primary N) is 2. The Kier molecular flexibility index (Phi) is 6.55. The zero-order chi connectivity index (χ0) is 18.4. The fourth-order valence-corrected chi connectivity index (χ4v) is 2.82. The molecule has 0 aliphatic carbocycles. The SMILES string of the molecule is CCN(CCCN)c1cnc(C(=N)c2cccc(NC)c2Cl)c(N)n1. The molecule has 0 spiro atoms. The highest BCUT2D eigenvalue weighted by Crippen LogP contribution is 2.28. The predicted molar refractivity (Wildman–Crippen MR) is 105 cm³/mol. The molecule has 1 aromatic heterocycles. The molecule has 25 heavy (non-hydrogen) atoms. The largest absolute Gasteiger partial charge is 0.387 e. The van der Waals surface area contributed by atoms with Gasteiger partial charge in [-0.05, 0) is 26.0 Å². The molecule has 0 unspecified atom stereocenters. The number of aromatic nitrogens is 2. The predicted octanol–water partition coefficient (Wildman–Crippen LogP) is 2.35. The van der Waals surface area contributed by atoms with Gasteiger partial charge in [0.2, 0.25) is 0 Å². The molecule has 0 aliphatic heterocycles. The monoisotopic (exact) mass is 361 g/mol. The van der Waals surface area contributed by atoms with Crippen LogP contribution in [-0.2, 0) is 0 Å². The summed E-state index contributed by atoms with van der Waals surface area (Å²) in [6.07, 6.45) is 2.50. The summed E-state index contributed by atoms with van der Waals surface area (Å²) in [5.74, 6) is 0.889. The molecule has 1 heterocycles. The lowest BCUT2D eigenvalue weighted by molar-refractivity contribution is 0.743. The van der Waals surface area contributed by atoms with Gasteiger partial charge in [0.15, 0.2) is 5.82 Å². The van der Waals surface area contributed by atoms with E-state index in [1.54, 1.807) is 19.3 Å². The summed E-state index contributed by atoms with van der Waals surface area (Å²) in [7, 11) is 1.78. The third kappa shape index (κ3) is 4.18. The van der Waals surface area contributed by atoms with Crippen molar-refractivity contribution in [3.63, 3.8) is 0 Å². The van der Waals surface area contributed by atoms with Gasteiger partial charge in [0.25, 0.3) is 0 Å². The van der Waals surface area contributed by atoms with Crippen LogP contribution in [0.2, 0.25) is 5.02 Å². The summed E-state index contributed by atoms with van der Waals surface area (Å²) in [4.78, 5) is 10.8. The molecule has 0 saturated heterocycles. The van der Waals surface area contributed by atoms with E-state index in [-0.39, 0.29) is 11.5 Å². The zero-order valence-electron chi connectivity index (χ0n) is 14.5. The van der Waals surface area contributed by atoms with Gasteiger partial charge in [0, 0.05) is 25.7 Å². The summed E-state index contributed by atoms with van der Waals surface area (Å²) in [6, 6.07) is 5.43. The van der Waals surface area contributed by atoms with Crippen molar-refractivity contribution in [1.82, 2.24) is 9.97 Å². The van der Waals surface area contributed by atoms with E-state index < -0.39 is 0 Å². The first-order chi connectivity index (χ1) is 12.0. The Bertz CT molecular complexity index is 748. The molecule has 0 bridgehead atoms. The molecule has 0 fully saturated rings. The highest BCUT2D eigenvalue weighted by Gasteiger charge is 2.17. The molecule has 2 rings (SSSR count). The standard InChI is InChI=1S/C17H24ClN7/c1-3-25(9-5-8-19)13-10-23-16(17(21)24-13)15(20)11-6-4-7-12(22-2)14(11)18/h4,6-7,10,20,22H,3,5,8-9,19H2,1-2H3,(H2,21,24). The average Bonchev–Trinajstić information content (AvgIpc) is 2.62. The average molecular weight is 362 g/mol. The zero-order valence-corrected chi connectivity index (χ0v) is 15.3. The first-order valence-corrected chi connectivity index (χ1v) is 8.54. The Morgan fingerprint density at radius 3 is 2.76 bits per heavy atom. The molecular formula is C17H24ClN7. The number of nitrogen functional groups attached to an aromatic ring is 1. The quantitative estimate of drug-likeness (QED) is 0.536. The Balaban J connectivity index is 2.33. The van der Waals surface area contributed by atoms with Crippen LogP contribution in [0.15, 0.2) is 24.4 Å². The van der Waals surface area contributed by atoms with E-state index in [4.69, 9.17) is 28.5 Å². The Hall–Kier alpha value is -2.38. The second-order valence-electron chi connectivity index (χ2n) is 5.48. The Morgan fingerprint density at radius 2 is 2.16 bits per heavy atom. The third-order valence-electron chi connectivity index (χ3n) is 3.90. The minimum Gasteiger partial charge on any atom is -0.387 e. The Morgan fingerprint density at radius 1 is 1.40 bits per heavy atom. The summed E-state index contributed by atoms with van der Waals surface area (Å²) < 4.78 is 0. The van der Waals surface area contributed by atoms with E-state index in [9.17, 15) is 0 Å². The van der Waals surface area contributed by atoms with E-state index in [1.165, 1.54) is 0 Å². The van der Waals surface area contributed by atoms with Crippen LogP contribution in [0.3, 0.4) is 0 Å². The lowest BCUT2D eigenvalue weighted by Crippen LogP contribution is -2.27. The van der Waals surface area contributed by atoms with Crippen molar-refractivity contribution in [1.29, 1.82) is 5.41 Å². The molecule has 0 amide bonds. The molecule has 0 atom stereocenters. The van der Waals surface area contributed by atoms with Crippen LogP contribution < -0.4 is 21.7 Å². The number of hydrogen-bond acceptors (Lipinski definition) is 7. The number of hydrogen-bond donors (Lipinski definition) is 4. The number of nitrogens with one attached hydrogen (secondary N) is 2. The van der Waals surface area contributed by atoms with Crippen LogP contribution in [0.25, 0.3) is 0 Å². The van der Waals surface area contributed by atoms with Gasteiger partial charge < -0.3 is 21.7 Å². The molecule has 2 aromatic rings. The first-order valence-electron chi connectivity index (χ1n) is 8.16. The van der Waals surface area contributed by atoms with E-state index >= 15 is 0 Å². The van der Waals surface area contributed by atoms with Gasteiger partial charge in [-0.25, -0.2) is 9.97 Å². The lowest BCUT2D eigenvalue weighted by atomic mass is 10.1. The van der Waals surface area contributed by atoms with E-state index in [2.05, 4.69) is 20.2 Å². The highest BCUT2D eigenvalue weighted by molar-refractivity contribution is 6.37. The van der Waals surface area contributed by atoms with Crippen molar-refractivity contribution in [2.45, 2.75) is 13.3 Å². The fraction of sp³-hybridized carbons (Fsp3) is 0.353. The molecule has 7 nitrogen and oxygen atoms in total. The maximum atomic E-state index is 8.43. The van der Waals surface area contributed by atoms with Crippen LogP contribution in [0, 0.1) is 5.41 Å². The van der Waals surface area contributed by atoms with Crippen molar-refractivity contribution < 1.29 is 0 Å². The van der Waals surface area contributed by atoms with Crippen LogP contribution in [-0.4, -0.2) is 42.4 Å². The summed E-state index contributed by atoms with van der Waals surface area (Å²) >= 11 is 6.35. The van der Waals surface area contributed by atoms with E-state index in [1.807, 2.05) is 19.1 Å². The van der Waals surface area contributed by atoms with Crippen LogP contribution in [0.5, 0.6) is 0 Å². The van der Waals surface area contributed by atoms with Gasteiger partial charge in [-0.2, -0.15) is 0 Å². The number of nitrogens with zero attached hydrogens (tertiary/aromatic N) is 3. The molecule has 8 heteroatoms. The van der Waals surface area contributed by atoms with Crippen molar-refractivity contribution in [2.24, 2.45) is 5.73 Å². The van der Waals surface area contributed by atoms with Crippen molar-refractivity contribution in [2.75, 3.05) is 42.6 Å². The molecular weight excluding hydrogens is 338 g/mol. The van der Waals surface area contributed by atoms with Gasteiger partial charge in [0.05, 0.1) is 22.6 Å². The minimum absolute atomic E-state index is 0.142. The number of benzene rings is 1. The van der Waals surface area contributed by atoms with Gasteiger partial charge in [-0.3, -0.25) is 5.41 Å². The third-order valence-corrected chi connectivity index (χ3v) is 4.31. The van der Waals surface area contributed by atoms with Crippen LogP contribution in [0.1, 0.15) is 24.6 Å². The van der Waals surface area contributed by atoms with Crippen LogP contribution >= 0.6 is 11.6 Å². The maximum Gasteiger partial charge on any atom is 0.154 e. The lowest BCUT2D eigenvalue weighted by Gasteiger charge is -2.22. The maximum absolute atomic E-state index is 8.43. The van der Waals surface area contributed by atoms with Crippen molar-refractivity contribution in [3.8, 4) is 0 Å². The molecule has 134 valence electrons. The topological polar surface area (TPSA) is 117 Å². The van der Waals surface area contributed by atoms with Gasteiger partial charge >= 0.3 is 0 Å². The highest BCUT2D eigenvalue weighted by atomic mass is 35.5. The van der Waals surface area contributed by atoms with Gasteiger partial charge in [-0.1, -0.05) is 23.7 Å². The number of halogens is 1. The second kappa shape index (κ2) is 8.64.